The largest absolute Gasteiger partial charge is 0.247 e. The van der Waals surface area contributed by atoms with Crippen LogP contribution in [0.15, 0.2) is 0 Å². The lowest BCUT2D eigenvalue weighted by Gasteiger charge is -2.24. The Balaban J connectivity index is 1.84. The summed E-state index contributed by atoms with van der Waals surface area (Å²) in [5.74, 6) is 2.55. The van der Waals surface area contributed by atoms with Crippen molar-refractivity contribution in [3.8, 4) is 0 Å². The highest BCUT2D eigenvalue weighted by atomic mass is 19.1. The van der Waals surface area contributed by atoms with Crippen molar-refractivity contribution in [2.75, 3.05) is 0 Å². The van der Waals surface area contributed by atoms with Gasteiger partial charge in [0.2, 0.25) is 0 Å². The molecule has 0 radical (unpaired) electrons. The molecule has 0 aromatic carbocycles. The third-order valence-corrected chi connectivity index (χ3v) is 3.43. The highest BCUT2D eigenvalue weighted by molar-refractivity contribution is 4.90. The van der Waals surface area contributed by atoms with E-state index in [2.05, 4.69) is 6.92 Å². The van der Waals surface area contributed by atoms with E-state index in [9.17, 15) is 4.39 Å². The van der Waals surface area contributed by atoms with Crippen molar-refractivity contribution in [2.24, 2.45) is 17.8 Å². The fourth-order valence-corrected chi connectivity index (χ4v) is 2.56. The van der Waals surface area contributed by atoms with Crippen LogP contribution >= 0.6 is 0 Å². The molecule has 0 aliphatic heterocycles. The molecular weight excluding hydrogens is 139 g/mol. The minimum atomic E-state index is -0.471. The zero-order valence-electron chi connectivity index (χ0n) is 7.22. The summed E-state index contributed by atoms with van der Waals surface area (Å²) in [5, 5.41) is 0. The highest BCUT2D eigenvalue weighted by Gasteiger charge is 2.41. The summed E-state index contributed by atoms with van der Waals surface area (Å²) >= 11 is 0. The summed E-state index contributed by atoms with van der Waals surface area (Å²) in [6.07, 6.45) is 5.04. The molecule has 4 unspecified atom stereocenters. The molecule has 2 aliphatic rings. The van der Waals surface area contributed by atoms with Crippen LogP contribution in [0.4, 0.5) is 4.39 Å². The topological polar surface area (TPSA) is 0 Å². The molecule has 4 atom stereocenters. The number of hydrogen-bond donors (Lipinski definition) is 0. The zero-order valence-corrected chi connectivity index (χ0v) is 7.22. The molecule has 2 saturated carbocycles. The van der Waals surface area contributed by atoms with Crippen LogP contribution in [0, 0.1) is 17.8 Å². The fraction of sp³-hybridized carbons (Fsp3) is 1.00. The average Bonchev–Trinajstić information content (AvgIpc) is 2.67. The zero-order chi connectivity index (χ0) is 7.84. The van der Waals surface area contributed by atoms with Crippen LogP contribution in [0.3, 0.4) is 0 Å². The maximum atomic E-state index is 12.9. The first-order chi connectivity index (χ1) is 5.27. The Morgan fingerprint density at radius 1 is 1.18 bits per heavy atom. The van der Waals surface area contributed by atoms with E-state index in [1.54, 1.807) is 0 Å². The van der Waals surface area contributed by atoms with E-state index >= 15 is 0 Å². The van der Waals surface area contributed by atoms with E-state index in [4.69, 9.17) is 0 Å². The second kappa shape index (κ2) is 2.76. The normalized spacial score (nSPS) is 50.7. The van der Waals surface area contributed by atoms with Gasteiger partial charge >= 0.3 is 0 Å². The maximum absolute atomic E-state index is 12.9. The van der Waals surface area contributed by atoms with Crippen molar-refractivity contribution in [1.82, 2.24) is 0 Å². The van der Waals surface area contributed by atoms with Gasteiger partial charge in [-0.15, -0.1) is 0 Å². The van der Waals surface area contributed by atoms with Crippen molar-refractivity contribution in [2.45, 2.75) is 45.2 Å². The first kappa shape index (κ1) is 7.57. The van der Waals surface area contributed by atoms with E-state index < -0.39 is 6.17 Å². The van der Waals surface area contributed by atoms with Crippen molar-refractivity contribution in [1.29, 1.82) is 0 Å². The first-order valence-corrected chi connectivity index (χ1v) is 4.91. The Hall–Kier alpha value is -0.0700. The molecule has 0 saturated heterocycles. The van der Waals surface area contributed by atoms with Gasteiger partial charge in [-0.05, 0) is 43.4 Å². The predicted octanol–water partition coefficient (Wildman–Crippen LogP) is 3.17. The van der Waals surface area contributed by atoms with Gasteiger partial charge in [0.25, 0.3) is 0 Å². The molecule has 0 nitrogen and oxygen atoms in total. The molecule has 2 fully saturated rings. The summed E-state index contributed by atoms with van der Waals surface area (Å²) in [6.45, 7) is 2.30. The summed E-state index contributed by atoms with van der Waals surface area (Å²) in [7, 11) is 0. The van der Waals surface area contributed by atoms with E-state index in [1.165, 1.54) is 12.8 Å². The van der Waals surface area contributed by atoms with Gasteiger partial charge in [0.15, 0.2) is 0 Å². The third-order valence-electron chi connectivity index (χ3n) is 3.43. The van der Waals surface area contributed by atoms with Crippen LogP contribution < -0.4 is 0 Å². The van der Waals surface area contributed by atoms with E-state index in [0.717, 1.165) is 37.0 Å². The van der Waals surface area contributed by atoms with Gasteiger partial charge in [-0.1, -0.05) is 13.3 Å². The summed E-state index contributed by atoms with van der Waals surface area (Å²) < 4.78 is 12.9. The minimum Gasteiger partial charge on any atom is -0.247 e. The molecule has 0 amide bonds. The van der Waals surface area contributed by atoms with Crippen molar-refractivity contribution < 1.29 is 4.39 Å². The lowest BCUT2D eigenvalue weighted by molar-refractivity contribution is 0.181. The molecule has 64 valence electrons. The maximum Gasteiger partial charge on any atom is 0.100 e. The lowest BCUT2D eigenvalue weighted by Crippen LogP contribution is -2.18. The molecule has 0 spiro atoms. The molecule has 0 aromatic rings. The van der Waals surface area contributed by atoms with E-state index in [1.807, 2.05) is 0 Å². The summed E-state index contributed by atoms with van der Waals surface area (Å²) in [4.78, 5) is 0. The van der Waals surface area contributed by atoms with Crippen LogP contribution in [0.25, 0.3) is 0 Å². The Morgan fingerprint density at radius 3 is 2.45 bits per heavy atom. The molecule has 1 heteroatoms. The SMILES string of the molecule is CC1CC1C1CCCC(F)C1. The summed E-state index contributed by atoms with van der Waals surface area (Å²) in [6, 6.07) is 0. The molecule has 2 rings (SSSR count). The Bertz CT molecular complexity index is 144. The second-order valence-corrected chi connectivity index (χ2v) is 4.40. The van der Waals surface area contributed by atoms with Crippen molar-refractivity contribution in [3.63, 3.8) is 0 Å². The third kappa shape index (κ3) is 1.57. The molecule has 2 aliphatic carbocycles. The number of alkyl halides is 1. The van der Waals surface area contributed by atoms with Gasteiger partial charge in [-0.25, -0.2) is 4.39 Å². The minimum absolute atomic E-state index is 0.471. The number of rotatable bonds is 1. The molecule has 0 heterocycles. The Labute approximate surface area is 68.2 Å². The lowest BCUT2D eigenvalue weighted by atomic mass is 9.84. The van der Waals surface area contributed by atoms with Crippen LogP contribution in [-0.2, 0) is 0 Å². The molecular formula is C10H17F. The van der Waals surface area contributed by atoms with Gasteiger partial charge in [0.1, 0.15) is 6.17 Å². The summed E-state index contributed by atoms with van der Waals surface area (Å²) in [5.41, 5.74) is 0. The van der Waals surface area contributed by atoms with Crippen LogP contribution in [0.2, 0.25) is 0 Å². The van der Waals surface area contributed by atoms with Crippen LogP contribution in [-0.4, -0.2) is 6.17 Å². The van der Waals surface area contributed by atoms with Crippen molar-refractivity contribution in [3.05, 3.63) is 0 Å². The van der Waals surface area contributed by atoms with Gasteiger partial charge < -0.3 is 0 Å². The van der Waals surface area contributed by atoms with Gasteiger partial charge in [-0.3, -0.25) is 0 Å². The molecule has 0 bridgehead atoms. The molecule has 11 heavy (non-hydrogen) atoms. The highest BCUT2D eigenvalue weighted by Crippen LogP contribution is 2.49. The first-order valence-electron chi connectivity index (χ1n) is 4.91. The number of halogens is 1. The van der Waals surface area contributed by atoms with Gasteiger partial charge in [0.05, 0.1) is 0 Å². The quantitative estimate of drug-likeness (QED) is 0.547. The van der Waals surface area contributed by atoms with Gasteiger partial charge in [0, 0.05) is 0 Å². The second-order valence-electron chi connectivity index (χ2n) is 4.40. The van der Waals surface area contributed by atoms with E-state index in [-0.39, 0.29) is 0 Å². The average molecular weight is 156 g/mol. The van der Waals surface area contributed by atoms with Gasteiger partial charge in [-0.2, -0.15) is 0 Å². The van der Waals surface area contributed by atoms with Crippen LogP contribution in [0.1, 0.15) is 39.0 Å². The molecule has 0 aromatic heterocycles. The number of hydrogen-bond acceptors (Lipinski definition) is 0. The van der Waals surface area contributed by atoms with Crippen LogP contribution in [0.5, 0.6) is 0 Å². The Morgan fingerprint density at radius 2 is 1.91 bits per heavy atom. The predicted molar refractivity (Wildman–Crippen MR) is 44.1 cm³/mol. The van der Waals surface area contributed by atoms with Crippen molar-refractivity contribution >= 4 is 0 Å². The smallest absolute Gasteiger partial charge is 0.100 e. The monoisotopic (exact) mass is 156 g/mol. The standard InChI is InChI=1S/C10H17F/c1-7-5-10(7)8-3-2-4-9(11)6-8/h7-10H,2-6H2,1H3. The Kier molecular flexibility index (Phi) is 1.90. The fourth-order valence-electron chi connectivity index (χ4n) is 2.56. The van der Waals surface area contributed by atoms with E-state index in [0.29, 0.717) is 0 Å². The molecule has 0 N–H and O–H groups in total.